The molecule has 2 aromatic carbocycles. The number of pyridine rings is 1. The molecule has 4 heteroatoms. The van der Waals surface area contributed by atoms with Crippen LogP contribution in [0.25, 0.3) is 10.9 Å². The number of aryl methyl sites for hydroxylation is 1. The molecule has 4 nitrogen and oxygen atoms in total. The first-order valence-corrected chi connectivity index (χ1v) is 6.52. The van der Waals surface area contributed by atoms with Gasteiger partial charge >= 0.3 is 5.97 Å². The van der Waals surface area contributed by atoms with Gasteiger partial charge in [0.2, 0.25) is 0 Å². The number of carboxylic acid groups (broad SMARTS) is 1. The summed E-state index contributed by atoms with van der Waals surface area (Å²) in [5, 5.41) is 10.2. The summed E-state index contributed by atoms with van der Waals surface area (Å²) in [6.45, 7) is 1.90. The Kier molecular flexibility index (Phi) is 3.28. The average molecular weight is 279 g/mol. The minimum Gasteiger partial charge on any atom is -0.478 e. The van der Waals surface area contributed by atoms with Crippen LogP contribution in [-0.4, -0.2) is 16.1 Å². The molecule has 0 radical (unpaired) electrons. The predicted molar refractivity (Wildman–Crippen MR) is 80.0 cm³/mol. The number of para-hydroxylation sites is 2. The van der Waals surface area contributed by atoms with Crippen molar-refractivity contribution in [3.8, 4) is 11.5 Å². The van der Waals surface area contributed by atoms with Gasteiger partial charge in [-0.25, -0.2) is 9.78 Å². The third-order valence-corrected chi connectivity index (χ3v) is 3.16. The van der Waals surface area contributed by atoms with Crippen LogP contribution in [0.1, 0.15) is 16.1 Å². The van der Waals surface area contributed by atoms with Gasteiger partial charge in [-0.15, -0.1) is 0 Å². The third kappa shape index (κ3) is 2.56. The van der Waals surface area contributed by atoms with E-state index in [4.69, 9.17) is 4.74 Å². The molecule has 1 heterocycles. The topological polar surface area (TPSA) is 59.4 Å². The molecule has 0 aliphatic heterocycles. The van der Waals surface area contributed by atoms with Crippen LogP contribution in [-0.2, 0) is 0 Å². The molecule has 3 rings (SSSR count). The molecule has 1 aromatic heterocycles. The van der Waals surface area contributed by atoms with E-state index < -0.39 is 5.97 Å². The van der Waals surface area contributed by atoms with E-state index in [2.05, 4.69) is 4.98 Å². The maximum absolute atomic E-state index is 11.2. The molecule has 21 heavy (non-hydrogen) atoms. The van der Waals surface area contributed by atoms with Gasteiger partial charge in [-0.3, -0.25) is 0 Å². The Morgan fingerprint density at radius 1 is 1.00 bits per heavy atom. The van der Waals surface area contributed by atoms with Crippen LogP contribution in [0, 0.1) is 6.92 Å². The van der Waals surface area contributed by atoms with Gasteiger partial charge in [-0.2, -0.15) is 0 Å². The summed E-state index contributed by atoms with van der Waals surface area (Å²) < 4.78 is 5.80. The summed E-state index contributed by atoms with van der Waals surface area (Å²) in [7, 11) is 0. The summed E-state index contributed by atoms with van der Waals surface area (Å²) in [5.41, 5.74) is 1.73. The highest BCUT2D eigenvalue weighted by atomic mass is 16.5. The lowest BCUT2D eigenvalue weighted by molar-refractivity contribution is 0.0694. The second-order valence-electron chi connectivity index (χ2n) is 4.68. The number of benzene rings is 2. The van der Waals surface area contributed by atoms with Gasteiger partial charge in [0.1, 0.15) is 16.8 Å². The first kappa shape index (κ1) is 13.1. The zero-order valence-corrected chi connectivity index (χ0v) is 11.4. The third-order valence-electron chi connectivity index (χ3n) is 3.16. The molecular formula is C17H13NO3. The minimum atomic E-state index is -1.02. The number of carboxylic acids is 1. The van der Waals surface area contributed by atoms with E-state index in [0.717, 1.165) is 16.6 Å². The van der Waals surface area contributed by atoms with Gasteiger partial charge in [0.15, 0.2) is 5.75 Å². The number of aromatic nitrogens is 1. The second-order valence-corrected chi connectivity index (χ2v) is 4.68. The molecule has 1 N–H and O–H groups in total. The van der Waals surface area contributed by atoms with Crippen molar-refractivity contribution >= 4 is 16.9 Å². The summed E-state index contributed by atoms with van der Waals surface area (Å²) in [5.74, 6) is -0.166. The Labute approximate surface area is 121 Å². The van der Waals surface area contributed by atoms with Gasteiger partial charge in [-0.05, 0) is 31.2 Å². The maximum atomic E-state index is 11.2. The molecule has 0 amide bonds. The lowest BCUT2D eigenvalue weighted by Gasteiger charge is -2.10. The molecule has 0 aliphatic carbocycles. The molecule has 0 atom stereocenters. The quantitative estimate of drug-likeness (QED) is 0.786. The average Bonchev–Trinajstić information content (AvgIpc) is 2.48. The standard InChI is InChI=1S/C17H13NO3/c1-11-9-10-12-5-4-8-15(16(12)18-11)21-14-7-3-2-6-13(14)17(19)20/h2-10H,1H3,(H,19,20). The van der Waals surface area contributed by atoms with E-state index in [9.17, 15) is 9.90 Å². The Hall–Kier alpha value is -2.88. The zero-order chi connectivity index (χ0) is 14.8. The van der Waals surface area contributed by atoms with Crippen molar-refractivity contribution in [2.45, 2.75) is 6.92 Å². The Morgan fingerprint density at radius 2 is 1.76 bits per heavy atom. The Morgan fingerprint density at radius 3 is 2.57 bits per heavy atom. The largest absolute Gasteiger partial charge is 0.478 e. The van der Waals surface area contributed by atoms with Crippen LogP contribution in [0.4, 0.5) is 0 Å². The van der Waals surface area contributed by atoms with E-state index in [-0.39, 0.29) is 5.56 Å². The lowest BCUT2D eigenvalue weighted by Crippen LogP contribution is -2.00. The van der Waals surface area contributed by atoms with Crippen molar-refractivity contribution < 1.29 is 14.6 Å². The van der Waals surface area contributed by atoms with Crippen molar-refractivity contribution in [1.82, 2.24) is 4.98 Å². The second kappa shape index (κ2) is 5.25. The van der Waals surface area contributed by atoms with Crippen molar-refractivity contribution in [1.29, 1.82) is 0 Å². The van der Waals surface area contributed by atoms with Crippen LogP contribution in [0.15, 0.2) is 54.6 Å². The molecule has 0 saturated heterocycles. The van der Waals surface area contributed by atoms with Gasteiger partial charge < -0.3 is 9.84 Å². The zero-order valence-electron chi connectivity index (χ0n) is 11.4. The molecule has 0 spiro atoms. The molecule has 0 saturated carbocycles. The number of nitrogens with zero attached hydrogens (tertiary/aromatic N) is 1. The van der Waals surface area contributed by atoms with E-state index in [1.807, 2.05) is 31.2 Å². The van der Waals surface area contributed by atoms with E-state index >= 15 is 0 Å². The maximum Gasteiger partial charge on any atom is 0.339 e. The number of ether oxygens (including phenoxy) is 1. The number of aromatic carboxylic acids is 1. The summed E-state index contributed by atoms with van der Waals surface area (Å²) in [6, 6.07) is 16.0. The van der Waals surface area contributed by atoms with Gasteiger partial charge in [0, 0.05) is 11.1 Å². The Bertz CT molecular complexity index is 827. The van der Waals surface area contributed by atoms with Gasteiger partial charge in [0.05, 0.1) is 0 Å². The molecule has 0 unspecified atom stereocenters. The lowest BCUT2D eigenvalue weighted by atomic mass is 10.2. The molecule has 0 aliphatic rings. The molecule has 0 fully saturated rings. The van der Waals surface area contributed by atoms with E-state index in [1.54, 1.807) is 24.3 Å². The fourth-order valence-corrected chi connectivity index (χ4v) is 2.15. The van der Waals surface area contributed by atoms with E-state index in [0.29, 0.717) is 11.5 Å². The predicted octanol–water partition coefficient (Wildman–Crippen LogP) is 4.03. The van der Waals surface area contributed by atoms with E-state index in [1.165, 1.54) is 6.07 Å². The minimum absolute atomic E-state index is 0.127. The fraction of sp³-hybridized carbons (Fsp3) is 0.0588. The van der Waals surface area contributed by atoms with Gasteiger partial charge in [0.25, 0.3) is 0 Å². The highest BCUT2D eigenvalue weighted by Crippen LogP contribution is 2.30. The van der Waals surface area contributed by atoms with Crippen LogP contribution in [0.5, 0.6) is 11.5 Å². The number of rotatable bonds is 3. The van der Waals surface area contributed by atoms with Crippen molar-refractivity contribution in [2.75, 3.05) is 0 Å². The fourth-order valence-electron chi connectivity index (χ4n) is 2.15. The molecule has 0 bridgehead atoms. The molecular weight excluding hydrogens is 266 g/mol. The number of fused-ring (bicyclic) bond motifs is 1. The SMILES string of the molecule is Cc1ccc2cccc(Oc3ccccc3C(=O)O)c2n1. The smallest absolute Gasteiger partial charge is 0.339 e. The van der Waals surface area contributed by atoms with Crippen molar-refractivity contribution in [3.63, 3.8) is 0 Å². The Balaban J connectivity index is 2.11. The number of hydrogen-bond donors (Lipinski definition) is 1. The van der Waals surface area contributed by atoms with Crippen molar-refractivity contribution in [3.05, 3.63) is 65.9 Å². The van der Waals surface area contributed by atoms with Gasteiger partial charge in [-0.1, -0.05) is 30.3 Å². The number of hydrogen-bond acceptors (Lipinski definition) is 3. The van der Waals surface area contributed by atoms with Crippen LogP contribution in [0.2, 0.25) is 0 Å². The first-order valence-electron chi connectivity index (χ1n) is 6.52. The molecule has 104 valence electrons. The van der Waals surface area contributed by atoms with Crippen molar-refractivity contribution in [2.24, 2.45) is 0 Å². The highest BCUT2D eigenvalue weighted by Gasteiger charge is 2.12. The van der Waals surface area contributed by atoms with Crippen LogP contribution >= 0.6 is 0 Å². The summed E-state index contributed by atoms with van der Waals surface area (Å²) in [4.78, 5) is 15.7. The highest BCUT2D eigenvalue weighted by molar-refractivity contribution is 5.91. The molecule has 3 aromatic rings. The van der Waals surface area contributed by atoms with Crippen LogP contribution in [0.3, 0.4) is 0 Å². The monoisotopic (exact) mass is 279 g/mol. The van der Waals surface area contributed by atoms with Crippen LogP contribution < -0.4 is 4.74 Å². The summed E-state index contributed by atoms with van der Waals surface area (Å²) >= 11 is 0. The normalized spacial score (nSPS) is 10.5. The summed E-state index contributed by atoms with van der Waals surface area (Å²) in [6.07, 6.45) is 0. The first-order chi connectivity index (χ1) is 10.1. The number of carbonyl (C=O) groups is 1.